The zero-order valence-electron chi connectivity index (χ0n) is 12.7. The summed E-state index contributed by atoms with van der Waals surface area (Å²) in [5, 5.41) is 17.1. The van der Waals surface area contributed by atoms with Crippen LogP contribution in [0.25, 0.3) is 0 Å². The van der Waals surface area contributed by atoms with E-state index in [2.05, 4.69) is 15.6 Å². The van der Waals surface area contributed by atoms with Gasteiger partial charge in [0.25, 0.3) is 5.69 Å². The predicted molar refractivity (Wildman–Crippen MR) is 83.9 cm³/mol. The standard InChI is InChI=1S/C14H24N4O3/c1-3-7-15-13-10-12(18(19)20)11-14(17-13)16-8-5-4-6-9-21-2/h10-11H,3-9H2,1-2H3,(H2,15,16,17). The van der Waals surface area contributed by atoms with Crippen LogP contribution in [-0.4, -0.2) is 36.7 Å². The molecule has 0 unspecified atom stereocenters. The van der Waals surface area contributed by atoms with Crippen LogP contribution < -0.4 is 10.6 Å². The molecule has 21 heavy (non-hydrogen) atoms. The van der Waals surface area contributed by atoms with E-state index in [1.807, 2.05) is 6.92 Å². The first kappa shape index (κ1) is 17.2. The SMILES string of the molecule is CCCNc1cc([N+](=O)[O-])cc(NCCCCCOC)n1. The third kappa shape index (κ3) is 6.89. The first-order valence-electron chi connectivity index (χ1n) is 7.30. The summed E-state index contributed by atoms with van der Waals surface area (Å²) < 4.78 is 4.99. The Bertz CT molecular complexity index is 440. The second-order valence-electron chi connectivity index (χ2n) is 4.76. The molecule has 0 aromatic carbocycles. The highest BCUT2D eigenvalue weighted by molar-refractivity contribution is 5.54. The van der Waals surface area contributed by atoms with E-state index >= 15 is 0 Å². The van der Waals surface area contributed by atoms with Gasteiger partial charge in [-0.1, -0.05) is 6.92 Å². The van der Waals surface area contributed by atoms with E-state index in [0.717, 1.165) is 45.4 Å². The summed E-state index contributed by atoms with van der Waals surface area (Å²) in [6, 6.07) is 2.92. The van der Waals surface area contributed by atoms with Crippen molar-refractivity contribution in [1.82, 2.24) is 4.98 Å². The smallest absolute Gasteiger partial charge is 0.276 e. The Morgan fingerprint density at radius 1 is 1.19 bits per heavy atom. The number of rotatable bonds is 11. The van der Waals surface area contributed by atoms with Crippen molar-refractivity contribution in [3.8, 4) is 0 Å². The minimum absolute atomic E-state index is 0.0467. The highest BCUT2D eigenvalue weighted by Gasteiger charge is 2.10. The highest BCUT2D eigenvalue weighted by Crippen LogP contribution is 2.20. The van der Waals surface area contributed by atoms with Crippen molar-refractivity contribution in [2.45, 2.75) is 32.6 Å². The molecule has 0 spiro atoms. The molecule has 0 radical (unpaired) electrons. The molecule has 0 fully saturated rings. The quantitative estimate of drug-likeness (QED) is 0.370. The van der Waals surface area contributed by atoms with E-state index in [0.29, 0.717) is 11.6 Å². The zero-order valence-corrected chi connectivity index (χ0v) is 12.7. The van der Waals surface area contributed by atoms with Gasteiger partial charge in [-0.25, -0.2) is 4.98 Å². The number of unbranched alkanes of at least 4 members (excludes halogenated alkanes) is 2. The van der Waals surface area contributed by atoms with Crippen molar-refractivity contribution in [1.29, 1.82) is 0 Å². The number of nitro groups is 1. The lowest BCUT2D eigenvalue weighted by atomic mass is 10.2. The van der Waals surface area contributed by atoms with Crippen molar-refractivity contribution in [3.05, 3.63) is 22.2 Å². The molecule has 0 saturated heterocycles. The number of pyridine rings is 1. The number of hydrogen-bond donors (Lipinski definition) is 2. The molecule has 0 aliphatic heterocycles. The van der Waals surface area contributed by atoms with E-state index in [4.69, 9.17) is 4.74 Å². The van der Waals surface area contributed by atoms with E-state index in [9.17, 15) is 10.1 Å². The van der Waals surface area contributed by atoms with Gasteiger partial charge in [0.2, 0.25) is 0 Å². The lowest BCUT2D eigenvalue weighted by Crippen LogP contribution is -2.08. The van der Waals surface area contributed by atoms with E-state index in [-0.39, 0.29) is 5.69 Å². The van der Waals surface area contributed by atoms with Crippen LogP contribution in [-0.2, 0) is 4.74 Å². The number of anilines is 2. The van der Waals surface area contributed by atoms with E-state index < -0.39 is 4.92 Å². The average Bonchev–Trinajstić information content (AvgIpc) is 2.48. The molecule has 7 heteroatoms. The van der Waals surface area contributed by atoms with Crippen LogP contribution in [0.4, 0.5) is 17.3 Å². The van der Waals surface area contributed by atoms with Gasteiger partial charge in [-0.05, 0) is 25.7 Å². The first-order valence-corrected chi connectivity index (χ1v) is 7.30. The first-order chi connectivity index (χ1) is 10.2. The van der Waals surface area contributed by atoms with Crippen LogP contribution in [0.3, 0.4) is 0 Å². The second-order valence-corrected chi connectivity index (χ2v) is 4.76. The van der Waals surface area contributed by atoms with Crippen LogP contribution in [0.5, 0.6) is 0 Å². The maximum Gasteiger partial charge on any atom is 0.276 e. The molecule has 118 valence electrons. The number of hydrogen-bond acceptors (Lipinski definition) is 6. The van der Waals surface area contributed by atoms with Gasteiger partial charge >= 0.3 is 0 Å². The summed E-state index contributed by atoms with van der Waals surface area (Å²) in [5.74, 6) is 1.07. The molecule has 7 nitrogen and oxygen atoms in total. The second kappa shape index (κ2) is 9.93. The summed E-state index contributed by atoms with van der Waals surface area (Å²) in [6.07, 6.45) is 3.98. The topological polar surface area (TPSA) is 89.3 Å². The van der Waals surface area contributed by atoms with Gasteiger partial charge in [-0.3, -0.25) is 10.1 Å². The molecule has 0 aliphatic carbocycles. The maximum absolute atomic E-state index is 10.9. The van der Waals surface area contributed by atoms with Crippen molar-refractivity contribution in [2.75, 3.05) is 37.4 Å². The molecule has 2 N–H and O–H groups in total. The lowest BCUT2D eigenvalue weighted by molar-refractivity contribution is -0.384. The molecule has 0 saturated carbocycles. The van der Waals surface area contributed by atoms with Gasteiger partial charge in [0.15, 0.2) is 0 Å². The van der Waals surface area contributed by atoms with Crippen LogP contribution in [0.1, 0.15) is 32.6 Å². The Morgan fingerprint density at radius 3 is 2.43 bits per heavy atom. The zero-order chi connectivity index (χ0) is 15.5. The third-order valence-electron chi connectivity index (χ3n) is 2.91. The molecule has 1 rings (SSSR count). The third-order valence-corrected chi connectivity index (χ3v) is 2.91. The van der Waals surface area contributed by atoms with Crippen molar-refractivity contribution < 1.29 is 9.66 Å². The Balaban J connectivity index is 2.54. The van der Waals surface area contributed by atoms with E-state index in [1.165, 1.54) is 12.1 Å². The number of aromatic nitrogens is 1. The largest absolute Gasteiger partial charge is 0.385 e. The van der Waals surface area contributed by atoms with Gasteiger partial charge in [0, 0.05) is 26.8 Å². The summed E-state index contributed by atoms with van der Waals surface area (Å²) in [6.45, 7) is 4.28. The van der Waals surface area contributed by atoms with Gasteiger partial charge in [-0.15, -0.1) is 0 Å². The fourth-order valence-corrected chi connectivity index (χ4v) is 1.82. The molecule has 1 aromatic rings. The fourth-order valence-electron chi connectivity index (χ4n) is 1.82. The predicted octanol–water partition coefficient (Wildman–Crippen LogP) is 3.04. The van der Waals surface area contributed by atoms with Gasteiger partial charge in [-0.2, -0.15) is 0 Å². The number of methoxy groups -OCH3 is 1. The molecule has 1 heterocycles. The number of nitrogens with one attached hydrogen (secondary N) is 2. The minimum Gasteiger partial charge on any atom is -0.385 e. The highest BCUT2D eigenvalue weighted by atomic mass is 16.6. The van der Waals surface area contributed by atoms with Crippen LogP contribution in [0, 0.1) is 10.1 Å². The van der Waals surface area contributed by atoms with Gasteiger partial charge in [0.1, 0.15) is 11.6 Å². The summed E-state index contributed by atoms with van der Waals surface area (Å²) in [4.78, 5) is 14.9. The number of ether oxygens (including phenoxy) is 1. The number of nitrogens with zero attached hydrogens (tertiary/aromatic N) is 2. The lowest BCUT2D eigenvalue weighted by Gasteiger charge is -2.09. The average molecular weight is 296 g/mol. The Kier molecular flexibility index (Phi) is 8.11. The van der Waals surface area contributed by atoms with Crippen LogP contribution in [0.2, 0.25) is 0 Å². The molecule has 1 aromatic heterocycles. The summed E-state index contributed by atoms with van der Waals surface area (Å²) >= 11 is 0. The molecular weight excluding hydrogens is 272 g/mol. The Morgan fingerprint density at radius 2 is 1.86 bits per heavy atom. The Labute approximate surface area is 125 Å². The minimum atomic E-state index is -0.400. The molecule has 0 aliphatic rings. The van der Waals surface area contributed by atoms with Crippen molar-refractivity contribution in [2.24, 2.45) is 0 Å². The summed E-state index contributed by atoms with van der Waals surface area (Å²) in [5.41, 5.74) is 0.0467. The normalized spacial score (nSPS) is 10.4. The summed E-state index contributed by atoms with van der Waals surface area (Å²) in [7, 11) is 1.69. The van der Waals surface area contributed by atoms with Gasteiger partial charge in [0.05, 0.1) is 17.1 Å². The van der Waals surface area contributed by atoms with Crippen LogP contribution in [0.15, 0.2) is 12.1 Å². The van der Waals surface area contributed by atoms with Crippen molar-refractivity contribution in [3.63, 3.8) is 0 Å². The van der Waals surface area contributed by atoms with Crippen LogP contribution >= 0.6 is 0 Å². The van der Waals surface area contributed by atoms with E-state index in [1.54, 1.807) is 7.11 Å². The monoisotopic (exact) mass is 296 g/mol. The fraction of sp³-hybridized carbons (Fsp3) is 0.643. The molecule has 0 bridgehead atoms. The molecular formula is C14H24N4O3. The Hall–Kier alpha value is -1.89. The molecule has 0 atom stereocenters. The maximum atomic E-state index is 10.9. The van der Waals surface area contributed by atoms with Gasteiger partial charge < -0.3 is 15.4 Å². The molecule has 0 amide bonds. The van der Waals surface area contributed by atoms with Crippen molar-refractivity contribution >= 4 is 17.3 Å².